The first-order valence-corrected chi connectivity index (χ1v) is 8.99. The van der Waals surface area contributed by atoms with Crippen molar-refractivity contribution in [2.75, 3.05) is 13.3 Å². The Kier molecular flexibility index (Phi) is 3.96. The number of benzene rings is 2. The first-order valence-electron chi connectivity index (χ1n) is 8.99. The van der Waals surface area contributed by atoms with Gasteiger partial charge < -0.3 is 18.9 Å². The SMILES string of the molecule is O=C(c1ccc2c(c1)OCO2)N1CCC[C@H]1c1nc(-c2ccc(F)cc2)no1. The average molecular weight is 381 g/mol. The molecular formula is C20H16FN3O4. The zero-order chi connectivity index (χ0) is 19.1. The van der Waals surface area contributed by atoms with Crippen LogP contribution in [0.25, 0.3) is 11.4 Å². The fraction of sp³-hybridized carbons (Fsp3) is 0.250. The van der Waals surface area contributed by atoms with Crippen molar-refractivity contribution in [3.8, 4) is 22.9 Å². The third-order valence-electron chi connectivity index (χ3n) is 4.96. The zero-order valence-corrected chi connectivity index (χ0v) is 14.8. The van der Waals surface area contributed by atoms with Gasteiger partial charge >= 0.3 is 0 Å². The van der Waals surface area contributed by atoms with Gasteiger partial charge in [-0.3, -0.25) is 4.79 Å². The minimum absolute atomic E-state index is 0.123. The lowest BCUT2D eigenvalue weighted by Crippen LogP contribution is -2.30. The van der Waals surface area contributed by atoms with Crippen molar-refractivity contribution < 1.29 is 23.2 Å². The molecule has 0 spiro atoms. The molecule has 3 heterocycles. The molecule has 1 aromatic heterocycles. The topological polar surface area (TPSA) is 77.7 Å². The maximum atomic E-state index is 13.1. The van der Waals surface area contributed by atoms with Crippen LogP contribution in [0.4, 0.5) is 4.39 Å². The molecule has 7 nitrogen and oxygen atoms in total. The quantitative estimate of drug-likeness (QED) is 0.690. The minimum atomic E-state index is -0.330. The van der Waals surface area contributed by atoms with E-state index in [9.17, 15) is 9.18 Å². The number of rotatable bonds is 3. The summed E-state index contributed by atoms with van der Waals surface area (Å²) in [5, 5.41) is 3.99. The Bertz CT molecular complexity index is 1030. The molecule has 28 heavy (non-hydrogen) atoms. The van der Waals surface area contributed by atoms with Crippen molar-refractivity contribution in [1.82, 2.24) is 15.0 Å². The first kappa shape index (κ1) is 16.7. The van der Waals surface area contributed by atoms with Gasteiger partial charge in [-0.25, -0.2) is 4.39 Å². The van der Waals surface area contributed by atoms with E-state index in [4.69, 9.17) is 14.0 Å². The molecule has 0 unspecified atom stereocenters. The number of carbonyl (C=O) groups is 1. The van der Waals surface area contributed by atoms with Crippen molar-refractivity contribution in [1.29, 1.82) is 0 Å². The van der Waals surface area contributed by atoms with Crippen LogP contribution >= 0.6 is 0 Å². The van der Waals surface area contributed by atoms with E-state index in [2.05, 4.69) is 10.1 Å². The normalized spacial score (nSPS) is 17.9. The molecule has 3 aromatic rings. The third kappa shape index (κ3) is 2.87. The van der Waals surface area contributed by atoms with E-state index in [-0.39, 0.29) is 24.6 Å². The number of hydrogen-bond donors (Lipinski definition) is 0. The lowest BCUT2D eigenvalue weighted by atomic mass is 10.1. The molecule has 2 aromatic carbocycles. The summed E-state index contributed by atoms with van der Waals surface area (Å²) in [5.74, 6) is 1.50. The van der Waals surface area contributed by atoms with E-state index < -0.39 is 0 Å². The van der Waals surface area contributed by atoms with Crippen molar-refractivity contribution in [2.45, 2.75) is 18.9 Å². The standard InChI is InChI=1S/C20H16FN3O4/c21-14-6-3-12(4-7-14)18-22-19(28-23-18)15-2-1-9-24(15)20(25)13-5-8-16-17(10-13)27-11-26-16/h3-8,10,15H,1-2,9,11H2/t15-/m0/s1. The summed E-state index contributed by atoms with van der Waals surface area (Å²) in [5.41, 5.74) is 1.18. The van der Waals surface area contributed by atoms with Gasteiger partial charge in [0.25, 0.3) is 5.91 Å². The number of likely N-dealkylation sites (tertiary alicyclic amines) is 1. The highest BCUT2D eigenvalue weighted by molar-refractivity contribution is 5.95. The molecule has 1 saturated heterocycles. The van der Waals surface area contributed by atoms with Crippen molar-refractivity contribution in [2.24, 2.45) is 0 Å². The van der Waals surface area contributed by atoms with Crippen molar-refractivity contribution >= 4 is 5.91 Å². The molecule has 0 aliphatic carbocycles. The van der Waals surface area contributed by atoms with Crippen LogP contribution in [0.3, 0.4) is 0 Å². The van der Waals surface area contributed by atoms with Crippen molar-refractivity contribution in [3.63, 3.8) is 0 Å². The summed E-state index contributed by atoms with van der Waals surface area (Å²) in [6.45, 7) is 0.764. The van der Waals surface area contributed by atoms with Gasteiger partial charge in [0, 0.05) is 17.7 Å². The summed E-state index contributed by atoms with van der Waals surface area (Å²) >= 11 is 0. The highest BCUT2D eigenvalue weighted by Crippen LogP contribution is 2.36. The number of fused-ring (bicyclic) bond motifs is 1. The van der Waals surface area contributed by atoms with Gasteiger partial charge in [-0.15, -0.1) is 0 Å². The molecule has 142 valence electrons. The second-order valence-electron chi connectivity index (χ2n) is 6.69. The van der Waals surface area contributed by atoms with Crippen LogP contribution in [0.5, 0.6) is 11.5 Å². The molecule has 0 radical (unpaired) electrons. The molecule has 0 N–H and O–H groups in total. The molecule has 1 fully saturated rings. The highest BCUT2D eigenvalue weighted by Gasteiger charge is 2.35. The van der Waals surface area contributed by atoms with Gasteiger partial charge in [0.05, 0.1) is 0 Å². The lowest BCUT2D eigenvalue weighted by molar-refractivity contribution is 0.0709. The molecule has 2 aliphatic heterocycles. The first-order chi connectivity index (χ1) is 13.7. The molecule has 1 amide bonds. The summed E-state index contributed by atoms with van der Waals surface area (Å²) < 4.78 is 29.2. The number of ether oxygens (including phenoxy) is 2. The Morgan fingerprint density at radius 1 is 1.11 bits per heavy atom. The van der Waals surface area contributed by atoms with Crippen molar-refractivity contribution in [3.05, 3.63) is 59.7 Å². The van der Waals surface area contributed by atoms with Crippen LogP contribution in [-0.2, 0) is 0 Å². The van der Waals surface area contributed by atoms with Gasteiger partial charge in [-0.05, 0) is 55.3 Å². The summed E-state index contributed by atoms with van der Waals surface area (Å²) in [4.78, 5) is 19.2. The van der Waals surface area contributed by atoms with Crippen LogP contribution in [0.2, 0.25) is 0 Å². The van der Waals surface area contributed by atoms with E-state index in [0.29, 0.717) is 40.9 Å². The number of amides is 1. The number of hydrogen-bond acceptors (Lipinski definition) is 6. The van der Waals surface area contributed by atoms with Gasteiger partial charge in [0.15, 0.2) is 11.5 Å². The number of nitrogens with zero attached hydrogens (tertiary/aromatic N) is 3. The average Bonchev–Trinajstić information content (AvgIpc) is 3.46. The molecule has 5 rings (SSSR count). The van der Waals surface area contributed by atoms with E-state index in [1.165, 1.54) is 12.1 Å². The van der Waals surface area contributed by atoms with E-state index in [1.807, 2.05) is 0 Å². The fourth-order valence-corrected chi connectivity index (χ4v) is 3.55. The molecule has 2 aliphatic rings. The van der Waals surface area contributed by atoms with Crippen LogP contribution < -0.4 is 9.47 Å². The van der Waals surface area contributed by atoms with Gasteiger partial charge in [-0.1, -0.05) is 5.16 Å². The predicted octanol–water partition coefficient (Wildman–Crippen LogP) is 3.58. The molecule has 8 heteroatoms. The summed E-state index contributed by atoms with van der Waals surface area (Å²) in [6.07, 6.45) is 1.58. The van der Waals surface area contributed by atoms with Crippen LogP contribution in [0, 0.1) is 5.82 Å². The highest BCUT2D eigenvalue weighted by atomic mass is 19.1. The lowest BCUT2D eigenvalue weighted by Gasteiger charge is -2.22. The Balaban J connectivity index is 1.40. The largest absolute Gasteiger partial charge is 0.454 e. The minimum Gasteiger partial charge on any atom is -0.454 e. The molecule has 0 saturated carbocycles. The van der Waals surface area contributed by atoms with E-state index >= 15 is 0 Å². The molecular weight excluding hydrogens is 365 g/mol. The summed E-state index contributed by atoms with van der Waals surface area (Å²) in [7, 11) is 0. The maximum Gasteiger partial charge on any atom is 0.254 e. The fourth-order valence-electron chi connectivity index (χ4n) is 3.55. The van der Waals surface area contributed by atoms with Gasteiger partial charge in [-0.2, -0.15) is 4.98 Å². The smallest absolute Gasteiger partial charge is 0.254 e. The van der Waals surface area contributed by atoms with E-state index in [1.54, 1.807) is 35.2 Å². The Labute approximate surface area is 159 Å². The van der Waals surface area contributed by atoms with Crippen LogP contribution in [0.1, 0.15) is 35.1 Å². The van der Waals surface area contributed by atoms with Gasteiger partial charge in [0.1, 0.15) is 11.9 Å². The number of aromatic nitrogens is 2. The van der Waals surface area contributed by atoms with Gasteiger partial charge in [0.2, 0.25) is 18.5 Å². The zero-order valence-electron chi connectivity index (χ0n) is 14.8. The number of carbonyl (C=O) groups excluding carboxylic acids is 1. The summed E-state index contributed by atoms with van der Waals surface area (Å²) in [6, 6.07) is 10.7. The monoisotopic (exact) mass is 381 g/mol. The van der Waals surface area contributed by atoms with Crippen LogP contribution in [0.15, 0.2) is 47.0 Å². The molecule has 1 atom stereocenters. The number of halogens is 1. The second kappa shape index (κ2) is 6.63. The maximum absolute atomic E-state index is 13.1. The van der Waals surface area contributed by atoms with E-state index in [0.717, 1.165) is 12.8 Å². The van der Waals surface area contributed by atoms with Crippen LogP contribution in [-0.4, -0.2) is 34.3 Å². The Morgan fingerprint density at radius 3 is 2.79 bits per heavy atom. The Hall–Kier alpha value is -3.42. The Morgan fingerprint density at radius 2 is 1.93 bits per heavy atom. The third-order valence-corrected chi connectivity index (χ3v) is 4.96. The predicted molar refractivity (Wildman–Crippen MR) is 95.3 cm³/mol. The second-order valence-corrected chi connectivity index (χ2v) is 6.69. The molecule has 0 bridgehead atoms.